The number of hydrogen-bond acceptors (Lipinski definition) is 4. The molecule has 0 unspecified atom stereocenters. The van der Waals surface area contributed by atoms with E-state index in [1.807, 2.05) is 12.1 Å². The van der Waals surface area contributed by atoms with Crippen LogP contribution < -0.4 is 0 Å². The van der Waals surface area contributed by atoms with E-state index in [0.29, 0.717) is 16.8 Å². The highest BCUT2D eigenvalue weighted by atomic mass is 16.3. The van der Waals surface area contributed by atoms with Crippen molar-refractivity contribution >= 4 is 11.4 Å². The fourth-order valence-electron chi connectivity index (χ4n) is 1.78. The molecule has 0 aliphatic carbocycles. The van der Waals surface area contributed by atoms with E-state index in [-0.39, 0.29) is 11.5 Å². The van der Waals surface area contributed by atoms with Gasteiger partial charge >= 0.3 is 0 Å². The Bertz CT molecular complexity index is 586. The summed E-state index contributed by atoms with van der Waals surface area (Å²) in [4.78, 5) is 0. The number of fused-ring (bicyclic) bond motifs is 1. The van der Waals surface area contributed by atoms with Crippen LogP contribution in [0, 0.1) is 0 Å². The SMILES string of the molecule is Oc1cccc(O)c1-c1cccc2c1N=N2. The van der Waals surface area contributed by atoms with Gasteiger partial charge in [-0.15, -0.1) is 10.2 Å². The van der Waals surface area contributed by atoms with E-state index in [1.54, 1.807) is 12.1 Å². The number of benzene rings is 2. The van der Waals surface area contributed by atoms with Crippen LogP contribution in [-0.2, 0) is 0 Å². The van der Waals surface area contributed by atoms with Crippen molar-refractivity contribution in [2.75, 3.05) is 0 Å². The molecule has 1 aliphatic heterocycles. The normalized spacial score (nSPS) is 12.0. The van der Waals surface area contributed by atoms with Crippen LogP contribution in [0.2, 0.25) is 0 Å². The second kappa shape index (κ2) is 3.06. The summed E-state index contributed by atoms with van der Waals surface area (Å²) in [6.45, 7) is 0. The minimum absolute atomic E-state index is 0.0375. The van der Waals surface area contributed by atoms with Crippen molar-refractivity contribution in [1.82, 2.24) is 0 Å². The zero-order chi connectivity index (χ0) is 11.1. The molecular weight excluding hydrogens is 204 g/mol. The predicted octanol–water partition coefficient (Wildman–Crippen LogP) is 3.49. The van der Waals surface area contributed by atoms with E-state index in [1.165, 1.54) is 12.1 Å². The van der Waals surface area contributed by atoms with E-state index in [0.717, 1.165) is 5.69 Å². The summed E-state index contributed by atoms with van der Waals surface area (Å²) in [5.41, 5.74) is 2.58. The smallest absolute Gasteiger partial charge is 0.127 e. The molecule has 0 aromatic heterocycles. The van der Waals surface area contributed by atoms with E-state index >= 15 is 0 Å². The van der Waals surface area contributed by atoms with Gasteiger partial charge in [-0.2, -0.15) is 0 Å². The first-order valence-corrected chi connectivity index (χ1v) is 4.83. The molecule has 0 fully saturated rings. The van der Waals surface area contributed by atoms with E-state index in [2.05, 4.69) is 10.2 Å². The van der Waals surface area contributed by atoms with Crippen LogP contribution in [0.25, 0.3) is 11.1 Å². The van der Waals surface area contributed by atoms with Crippen molar-refractivity contribution in [3.8, 4) is 22.6 Å². The summed E-state index contributed by atoms with van der Waals surface area (Å²) in [6, 6.07) is 10.1. The molecule has 1 heterocycles. The highest BCUT2D eigenvalue weighted by molar-refractivity contribution is 5.90. The molecule has 0 bridgehead atoms. The lowest BCUT2D eigenvalue weighted by Gasteiger charge is -2.14. The van der Waals surface area contributed by atoms with Gasteiger partial charge in [-0.05, 0) is 18.2 Å². The minimum Gasteiger partial charge on any atom is -0.507 e. The maximum absolute atomic E-state index is 9.75. The quantitative estimate of drug-likeness (QED) is 0.648. The lowest BCUT2D eigenvalue weighted by molar-refractivity contribution is 0.454. The fourth-order valence-corrected chi connectivity index (χ4v) is 1.78. The Hall–Kier alpha value is -2.36. The van der Waals surface area contributed by atoms with Gasteiger partial charge in [0.05, 0.1) is 5.56 Å². The van der Waals surface area contributed by atoms with Gasteiger partial charge in [0.25, 0.3) is 0 Å². The van der Waals surface area contributed by atoms with E-state index < -0.39 is 0 Å². The molecule has 3 rings (SSSR count). The molecule has 4 nitrogen and oxygen atoms in total. The van der Waals surface area contributed by atoms with Crippen molar-refractivity contribution in [2.24, 2.45) is 10.2 Å². The molecule has 1 aliphatic rings. The second-order valence-corrected chi connectivity index (χ2v) is 3.54. The van der Waals surface area contributed by atoms with E-state index in [4.69, 9.17) is 0 Å². The topological polar surface area (TPSA) is 65.2 Å². The maximum atomic E-state index is 9.75. The summed E-state index contributed by atoms with van der Waals surface area (Å²) in [5, 5.41) is 27.2. The number of aromatic hydroxyl groups is 2. The van der Waals surface area contributed by atoms with Crippen molar-refractivity contribution in [3.63, 3.8) is 0 Å². The molecule has 0 radical (unpaired) electrons. The molecule has 16 heavy (non-hydrogen) atoms. The highest BCUT2D eigenvalue weighted by Gasteiger charge is 2.19. The average molecular weight is 212 g/mol. The fraction of sp³-hybridized carbons (Fsp3) is 0. The molecule has 0 amide bonds. The second-order valence-electron chi connectivity index (χ2n) is 3.54. The first-order chi connectivity index (χ1) is 7.77. The number of hydrogen-bond donors (Lipinski definition) is 2. The minimum atomic E-state index is 0.0375. The van der Waals surface area contributed by atoms with Crippen LogP contribution in [0.3, 0.4) is 0 Å². The largest absolute Gasteiger partial charge is 0.507 e. The Morgan fingerprint density at radius 2 is 1.50 bits per heavy atom. The number of nitrogens with zero attached hydrogens (tertiary/aromatic N) is 2. The molecule has 0 saturated carbocycles. The van der Waals surface area contributed by atoms with Crippen molar-refractivity contribution in [3.05, 3.63) is 36.4 Å². The first kappa shape index (κ1) is 8.91. The Kier molecular flexibility index (Phi) is 1.71. The third-order valence-electron chi connectivity index (χ3n) is 2.56. The van der Waals surface area contributed by atoms with Crippen LogP contribution >= 0.6 is 0 Å². The molecule has 78 valence electrons. The number of phenolic OH excluding ortho intramolecular Hbond substituents is 2. The standard InChI is InChI=1S/C12H8N2O2/c15-9-5-2-6-10(16)11(9)7-3-1-4-8-12(7)14-13-8/h1-6,15-16H. The Balaban J connectivity index is 2.28. The molecule has 0 atom stereocenters. The van der Waals surface area contributed by atoms with Crippen LogP contribution in [0.5, 0.6) is 11.5 Å². The van der Waals surface area contributed by atoms with Crippen LogP contribution in [-0.4, -0.2) is 10.2 Å². The van der Waals surface area contributed by atoms with Gasteiger partial charge < -0.3 is 10.2 Å². The average Bonchev–Trinajstić information content (AvgIpc) is 2.20. The number of phenols is 2. The summed E-state index contributed by atoms with van der Waals surface area (Å²) in [5.74, 6) is 0.0750. The third-order valence-corrected chi connectivity index (χ3v) is 2.56. The van der Waals surface area contributed by atoms with Gasteiger partial charge in [0, 0.05) is 5.56 Å². The Morgan fingerprint density at radius 1 is 0.812 bits per heavy atom. The van der Waals surface area contributed by atoms with Crippen LogP contribution in [0.4, 0.5) is 11.4 Å². The van der Waals surface area contributed by atoms with Crippen molar-refractivity contribution < 1.29 is 10.2 Å². The Labute approximate surface area is 91.5 Å². The van der Waals surface area contributed by atoms with Crippen molar-refractivity contribution in [1.29, 1.82) is 0 Å². The monoisotopic (exact) mass is 212 g/mol. The molecule has 0 saturated heterocycles. The van der Waals surface area contributed by atoms with Crippen molar-refractivity contribution in [2.45, 2.75) is 0 Å². The predicted molar refractivity (Wildman–Crippen MR) is 59.4 cm³/mol. The molecule has 0 spiro atoms. The Morgan fingerprint density at radius 3 is 2.12 bits per heavy atom. The lowest BCUT2D eigenvalue weighted by atomic mass is 10.00. The number of azo groups is 1. The maximum Gasteiger partial charge on any atom is 0.127 e. The van der Waals surface area contributed by atoms with Crippen LogP contribution in [0.15, 0.2) is 46.6 Å². The molecular formula is C12H8N2O2. The summed E-state index contributed by atoms with van der Waals surface area (Å²) in [7, 11) is 0. The molecule has 2 aromatic rings. The summed E-state index contributed by atoms with van der Waals surface area (Å²) < 4.78 is 0. The lowest BCUT2D eigenvalue weighted by Crippen LogP contribution is -1.85. The zero-order valence-electron chi connectivity index (χ0n) is 8.25. The van der Waals surface area contributed by atoms with Gasteiger partial charge in [0.1, 0.15) is 22.9 Å². The highest BCUT2D eigenvalue weighted by Crippen LogP contribution is 2.49. The van der Waals surface area contributed by atoms with Gasteiger partial charge in [-0.25, -0.2) is 0 Å². The zero-order valence-corrected chi connectivity index (χ0v) is 8.25. The van der Waals surface area contributed by atoms with Gasteiger partial charge in [-0.1, -0.05) is 18.2 Å². The summed E-state index contributed by atoms with van der Waals surface area (Å²) in [6.07, 6.45) is 0. The molecule has 2 N–H and O–H groups in total. The summed E-state index contributed by atoms with van der Waals surface area (Å²) >= 11 is 0. The van der Waals surface area contributed by atoms with E-state index in [9.17, 15) is 10.2 Å². The molecule has 4 heteroatoms. The van der Waals surface area contributed by atoms with Gasteiger partial charge in [-0.3, -0.25) is 0 Å². The number of rotatable bonds is 1. The third kappa shape index (κ3) is 1.10. The molecule has 2 aromatic carbocycles. The van der Waals surface area contributed by atoms with Gasteiger partial charge in [0.15, 0.2) is 0 Å². The van der Waals surface area contributed by atoms with Crippen LogP contribution in [0.1, 0.15) is 0 Å². The van der Waals surface area contributed by atoms with Gasteiger partial charge in [0.2, 0.25) is 0 Å². The first-order valence-electron chi connectivity index (χ1n) is 4.83.